The Labute approximate surface area is 102 Å². The second-order valence-corrected chi connectivity index (χ2v) is 4.01. The summed E-state index contributed by atoms with van der Waals surface area (Å²) in [5, 5.41) is 8.80. The average Bonchev–Trinajstić information content (AvgIpc) is 2.67. The normalized spacial score (nSPS) is 10.7. The molecule has 0 saturated carbocycles. The minimum atomic E-state index is 0.380. The van der Waals surface area contributed by atoms with E-state index in [4.69, 9.17) is 33.4 Å². The summed E-state index contributed by atoms with van der Waals surface area (Å²) in [5.41, 5.74) is 6.06. The lowest BCUT2D eigenvalue weighted by Gasteiger charge is -1.98. The van der Waals surface area contributed by atoms with Crippen LogP contribution in [0.5, 0.6) is 0 Å². The van der Waals surface area contributed by atoms with Crippen LogP contribution in [0.15, 0.2) is 22.6 Å². The van der Waals surface area contributed by atoms with Gasteiger partial charge in [0.05, 0.1) is 10.6 Å². The summed E-state index contributed by atoms with van der Waals surface area (Å²) in [6, 6.07) is 5.09. The third-order valence-corrected chi connectivity index (χ3v) is 2.53. The Bertz CT molecular complexity index is 499. The molecule has 0 fully saturated rings. The molecule has 0 aliphatic carbocycles. The average molecular weight is 258 g/mol. The first kappa shape index (κ1) is 11.4. The van der Waals surface area contributed by atoms with Crippen LogP contribution in [0.1, 0.15) is 5.89 Å². The summed E-state index contributed by atoms with van der Waals surface area (Å²) in [4.78, 5) is 0. The molecule has 0 radical (unpaired) electrons. The van der Waals surface area contributed by atoms with Gasteiger partial charge in [0.15, 0.2) is 0 Å². The first-order chi connectivity index (χ1) is 7.70. The van der Waals surface area contributed by atoms with Gasteiger partial charge in [0, 0.05) is 18.0 Å². The predicted octanol–water partition coefficient (Wildman–Crippen LogP) is 2.54. The Balaban J connectivity index is 2.35. The number of benzene rings is 1. The van der Waals surface area contributed by atoms with Gasteiger partial charge in [-0.3, -0.25) is 0 Å². The second kappa shape index (κ2) is 4.82. The smallest absolute Gasteiger partial charge is 0.249 e. The predicted molar refractivity (Wildman–Crippen MR) is 62.5 cm³/mol. The second-order valence-electron chi connectivity index (χ2n) is 3.16. The number of aromatic nitrogens is 2. The Morgan fingerprint density at radius 3 is 2.75 bits per heavy atom. The first-order valence-corrected chi connectivity index (χ1v) is 5.44. The Kier molecular flexibility index (Phi) is 3.43. The molecule has 2 N–H and O–H groups in total. The van der Waals surface area contributed by atoms with Crippen molar-refractivity contribution in [1.82, 2.24) is 10.2 Å². The summed E-state index contributed by atoms with van der Waals surface area (Å²) < 4.78 is 5.40. The van der Waals surface area contributed by atoms with Crippen molar-refractivity contribution in [2.45, 2.75) is 6.42 Å². The van der Waals surface area contributed by atoms with Crippen LogP contribution in [0.4, 0.5) is 0 Å². The van der Waals surface area contributed by atoms with Gasteiger partial charge in [-0.2, -0.15) is 0 Å². The molecule has 1 aromatic carbocycles. The van der Waals surface area contributed by atoms with E-state index in [2.05, 4.69) is 10.2 Å². The molecule has 0 saturated heterocycles. The van der Waals surface area contributed by atoms with Gasteiger partial charge in [-0.25, -0.2) is 0 Å². The van der Waals surface area contributed by atoms with E-state index in [1.165, 1.54) is 0 Å². The van der Waals surface area contributed by atoms with Crippen molar-refractivity contribution in [2.75, 3.05) is 6.54 Å². The monoisotopic (exact) mass is 257 g/mol. The molecule has 16 heavy (non-hydrogen) atoms. The number of halogens is 2. The maximum Gasteiger partial charge on any atom is 0.249 e. The van der Waals surface area contributed by atoms with Gasteiger partial charge >= 0.3 is 0 Å². The molecule has 0 spiro atoms. The highest BCUT2D eigenvalue weighted by molar-refractivity contribution is 6.36. The standard InChI is InChI=1S/C10H9Cl2N3O/c11-6-1-2-7(8(12)5-6)10-15-14-9(16-10)3-4-13/h1-2,5H,3-4,13H2. The lowest BCUT2D eigenvalue weighted by Crippen LogP contribution is -2.02. The van der Waals surface area contributed by atoms with E-state index in [-0.39, 0.29) is 0 Å². The molecule has 0 unspecified atom stereocenters. The largest absolute Gasteiger partial charge is 0.421 e. The molecule has 0 atom stereocenters. The van der Waals surface area contributed by atoms with Crippen LogP contribution in [0.2, 0.25) is 10.0 Å². The van der Waals surface area contributed by atoms with Gasteiger partial charge < -0.3 is 10.2 Å². The van der Waals surface area contributed by atoms with E-state index in [9.17, 15) is 0 Å². The highest BCUT2D eigenvalue weighted by atomic mass is 35.5. The van der Waals surface area contributed by atoms with E-state index in [1.807, 2.05) is 0 Å². The topological polar surface area (TPSA) is 64.9 Å². The molecule has 4 nitrogen and oxygen atoms in total. The molecule has 1 heterocycles. The molecule has 2 aromatic rings. The Morgan fingerprint density at radius 1 is 1.25 bits per heavy atom. The van der Waals surface area contributed by atoms with Crippen LogP contribution in [-0.2, 0) is 6.42 Å². The van der Waals surface area contributed by atoms with Gasteiger partial charge in [-0.15, -0.1) is 10.2 Å². The van der Waals surface area contributed by atoms with Gasteiger partial charge in [0.1, 0.15) is 0 Å². The minimum absolute atomic E-state index is 0.380. The van der Waals surface area contributed by atoms with E-state index in [0.29, 0.717) is 40.4 Å². The first-order valence-electron chi connectivity index (χ1n) is 4.68. The van der Waals surface area contributed by atoms with Crippen molar-refractivity contribution in [3.05, 3.63) is 34.1 Å². The fraction of sp³-hybridized carbons (Fsp3) is 0.200. The van der Waals surface area contributed by atoms with Crippen LogP contribution in [-0.4, -0.2) is 16.7 Å². The van der Waals surface area contributed by atoms with Crippen LogP contribution in [0.3, 0.4) is 0 Å². The quantitative estimate of drug-likeness (QED) is 0.918. The van der Waals surface area contributed by atoms with Gasteiger partial charge in [0.2, 0.25) is 11.8 Å². The van der Waals surface area contributed by atoms with Crippen molar-refractivity contribution in [3.63, 3.8) is 0 Å². The molecule has 6 heteroatoms. The highest BCUT2D eigenvalue weighted by Gasteiger charge is 2.11. The number of hydrogen-bond acceptors (Lipinski definition) is 4. The fourth-order valence-electron chi connectivity index (χ4n) is 1.25. The van der Waals surface area contributed by atoms with Crippen LogP contribution < -0.4 is 5.73 Å². The van der Waals surface area contributed by atoms with Crippen molar-refractivity contribution >= 4 is 23.2 Å². The van der Waals surface area contributed by atoms with Crippen molar-refractivity contribution in [1.29, 1.82) is 0 Å². The maximum atomic E-state index is 6.01. The summed E-state index contributed by atoms with van der Waals surface area (Å²) in [6.45, 7) is 0.468. The third-order valence-electron chi connectivity index (χ3n) is 1.99. The Morgan fingerprint density at radius 2 is 2.06 bits per heavy atom. The molecular formula is C10H9Cl2N3O. The fourth-order valence-corrected chi connectivity index (χ4v) is 1.74. The van der Waals surface area contributed by atoms with Crippen molar-refractivity contribution in [3.8, 4) is 11.5 Å². The van der Waals surface area contributed by atoms with E-state index in [1.54, 1.807) is 18.2 Å². The molecule has 2 rings (SSSR count). The summed E-state index contributed by atoms with van der Waals surface area (Å²) in [7, 11) is 0. The lowest BCUT2D eigenvalue weighted by molar-refractivity contribution is 0.507. The van der Waals surface area contributed by atoms with Gasteiger partial charge in [-0.05, 0) is 18.2 Å². The number of nitrogens with zero attached hydrogens (tertiary/aromatic N) is 2. The summed E-state index contributed by atoms with van der Waals surface area (Å²) in [6.07, 6.45) is 0.554. The third kappa shape index (κ3) is 2.35. The van der Waals surface area contributed by atoms with Crippen LogP contribution >= 0.6 is 23.2 Å². The summed E-state index contributed by atoms with van der Waals surface area (Å²) >= 11 is 11.8. The van der Waals surface area contributed by atoms with Gasteiger partial charge in [0.25, 0.3) is 0 Å². The van der Waals surface area contributed by atoms with Crippen LogP contribution in [0.25, 0.3) is 11.5 Å². The van der Waals surface area contributed by atoms with Gasteiger partial charge in [-0.1, -0.05) is 23.2 Å². The molecule has 0 bridgehead atoms. The van der Waals surface area contributed by atoms with E-state index < -0.39 is 0 Å². The zero-order valence-corrected chi connectivity index (χ0v) is 9.79. The number of rotatable bonds is 3. The zero-order valence-electron chi connectivity index (χ0n) is 8.28. The molecular weight excluding hydrogens is 249 g/mol. The summed E-state index contributed by atoms with van der Waals surface area (Å²) in [5.74, 6) is 0.883. The van der Waals surface area contributed by atoms with Crippen molar-refractivity contribution in [2.24, 2.45) is 5.73 Å². The molecule has 0 amide bonds. The lowest BCUT2D eigenvalue weighted by atomic mass is 10.2. The highest BCUT2D eigenvalue weighted by Crippen LogP contribution is 2.29. The molecule has 0 aliphatic heterocycles. The molecule has 84 valence electrons. The SMILES string of the molecule is NCCc1nnc(-c2ccc(Cl)cc2Cl)o1. The number of nitrogens with two attached hydrogens (primary N) is 1. The number of hydrogen-bond donors (Lipinski definition) is 1. The Hall–Kier alpha value is -1.10. The zero-order chi connectivity index (χ0) is 11.5. The minimum Gasteiger partial charge on any atom is -0.421 e. The molecule has 0 aliphatic rings. The molecule has 1 aromatic heterocycles. The van der Waals surface area contributed by atoms with Crippen LogP contribution in [0, 0.1) is 0 Å². The van der Waals surface area contributed by atoms with Crippen molar-refractivity contribution < 1.29 is 4.42 Å². The van der Waals surface area contributed by atoms with E-state index in [0.717, 1.165) is 0 Å². The van der Waals surface area contributed by atoms with E-state index >= 15 is 0 Å². The maximum absolute atomic E-state index is 6.01.